The second-order valence-electron chi connectivity index (χ2n) is 7.33. The van der Waals surface area contributed by atoms with Crippen LogP contribution >= 0.6 is 0 Å². The molecule has 0 aliphatic rings. The summed E-state index contributed by atoms with van der Waals surface area (Å²) in [6, 6.07) is 30.4. The molecule has 0 aliphatic heterocycles. The van der Waals surface area contributed by atoms with Crippen LogP contribution in [0.2, 0.25) is 0 Å². The predicted octanol–water partition coefficient (Wildman–Crippen LogP) is 7.27. The number of rotatable bonds is 2. The quantitative estimate of drug-likeness (QED) is 0.345. The van der Waals surface area contributed by atoms with Crippen LogP contribution in [-0.2, 0) is 0 Å². The van der Waals surface area contributed by atoms with E-state index in [1.54, 1.807) is 0 Å². The molecule has 0 saturated carbocycles. The van der Waals surface area contributed by atoms with Gasteiger partial charge in [0, 0.05) is 21.9 Å². The van der Waals surface area contributed by atoms with Crippen LogP contribution in [0, 0.1) is 13.8 Å². The highest BCUT2D eigenvalue weighted by atomic mass is 14.7. The fourth-order valence-electron chi connectivity index (χ4n) is 4.08. The van der Waals surface area contributed by atoms with Gasteiger partial charge >= 0.3 is 0 Å². The molecular weight excluding hydrogens is 326 g/mol. The summed E-state index contributed by atoms with van der Waals surface area (Å²) in [4.78, 5) is 3.77. The zero-order chi connectivity index (χ0) is 18.4. The molecule has 0 amide bonds. The first-order chi connectivity index (χ1) is 13.2. The van der Waals surface area contributed by atoms with E-state index < -0.39 is 0 Å². The highest BCUT2D eigenvalue weighted by molar-refractivity contribution is 6.15. The molecule has 1 heteroatoms. The molecule has 0 bridgehead atoms. The van der Waals surface area contributed by atoms with Crippen LogP contribution in [-0.4, -0.2) is 4.98 Å². The topological polar surface area (TPSA) is 15.8 Å². The molecule has 27 heavy (non-hydrogen) atoms. The van der Waals surface area contributed by atoms with Gasteiger partial charge in [0.2, 0.25) is 0 Å². The minimum Gasteiger partial charge on any atom is -0.353 e. The summed E-state index contributed by atoms with van der Waals surface area (Å²) in [5, 5.41) is 2.59. The first kappa shape index (κ1) is 15.9. The minimum absolute atomic E-state index is 1.21. The number of aromatic nitrogens is 1. The summed E-state index contributed by atoms with van der Waals surface area (Å²) in [5.74, 6) is 0. The van der Waals surface area contributed by atoms with Gasteiger partial charge in [-0.05, 0) is 60.4 Å². The lowest BCUT2D eigenvalue weighted by Crippen LogP contribution is -1.83. The molecule has 0 aliphatic carbocycles. The molecule has 1 N–H and O–H groups in total. The lowest BCUT2D eigenvalue weighted by Gasteiger charge is -2.06. The van der Waals surface area contributed by atoms with Crippen molar-refractivity contribution < 1.29 is 0 Å². The van der Waals surface area contributed by atoms with Gasteiger partial charge in [-0.1, -0.05) is 60.7 Å². The zero-order valence-electron chi connectivity index (χ0n) is 15.6. The van der Waals surface area contributed by atoms with E-state index in [1.165, 1.54) is 55.2 Å². The molecular formula is C26H21N. The maximum absolute atomic E-state index is 3.77. The standard InChI is InChI=1S/C26H21N/c1-17-13-21(19-9-5-3-6-10-19)25-23(15-17)24-16-18(2)14-22(26(24)27-25)20-11-7-4-8-12-20/h3-16,27H,1-2H3. The van der Waals surface area contributed by atoms with Gasteiger partial charge in [-0.3, -0.25) is 0 Å². The van der Waals surface area contributed by atoms with Crippen molar-refractivity contribution in [2.45, 2.75) is 13.8 Å². The third kappa shape index (κ3) is 2.63. The van der Waals surface area contributed by atoms with Crippen LogP contribution in [0.3, 0.4) is 0 Å². The average molecular weight is 347 g/mol. The Morgan fingerprint density at radius 2 is 0.926 bits per heavy atom. The van der Waals surface area contributed by atoms with E-state index >= 15 is 0 Å². The highest BCUT2D eigenvalue weighted by Crippen LogP contribution is 2.38. The molecule has 1 nitrogen and oxygen atoms in total. The molecule has 0 unspecified atom stereocenters. The number of aryl methyl sites for hydroxylation is 2. The lowest BCUT2D eigenvalue weighted by atomic mass is 9.97. The minimum atomic E-state index is 1.21. The van der Waals surface area contributed by atoms with Crippen LogP contribution in [0.1, 0.15) is 11.1 Å². The molecule has 5 rings (SSSR count). The Morgan fingerprint density at radius 3 is 1.33 bits per heavy atom. The fourth-order valence-corrected chi connectivity index (χ4v) is 4.08. The second-order valence-corrected chi connectivity index (χ2v) is 7.33. The predicted molar refractivity (Wildman–Crippen MR) is 116 cm³/mol. The largest absolute Gasteiger partial charge is 0.353 e. The van der Waals surface area contributed by atoms with Gasteiger partial charge in [0.05, 0.1) is 11.0 Å². The van der Waals surface area contributed by atoms with Crippen molar-refractivity contribution in [2.75, 3.05) is 0 Å². The molecule has 0 fully saturated rings. The van der Waals surface area contributed by atoms with E-state index in [2.05, 4.69) is 104 Å². The molecule has 1 heterocycles. The molecule has 0 radical (unpaired) electrons. The van der Waals surface area contributed by atoms with Crippen molar-refractivity contribution in [2.24, 2.45) is 0 Å². The normalized spacial score (nSPS) is 11.3. The number of hydrogen-bond acceptors (Lipinski definition) is 0. The summed E-state index contributed by atoms with van der Waals surface area (Å²) >= 11 is 0. The van der Waals surface area contributed by atoms with Crippen molar-refractivity contribution in [1.29, 1.82) is 0 Å². The first-order valence-corrected chi connectivity index (χ1v) is 9.38. The Bertz CT molecular complexity index is 1160. The zero-order valence-corrected chi connectivity index (χ0v) is 15.6. The van der Waals surface area contributed by atoms with Crippen LogP contribution in [0.25, 0.3) is 44.1 Å². The molecule has 0 spiro atoms. The maximum Gasteiger partial charge on any atom is 0.0544 e. The Balaban J connectivity index is 1.91. The third-order valence-corrected chi connectivity index (χ3v) is 5.28. The number of nitrogens with one attached hydrogen (secondary N) is 1. The summed E-state index contributed by atoms with van der Waals surface area (Å²) in [6.45, 7) is 4.36. The fraction of sp³-hybridized carbons (Fsp3) is 0.0769. The lowest BCUT2D eigenvalue weighted by molar-refractivity contribution is 1.46. The SMILES string of the molecule is Cc1cc(-c2ccccc2)c2[nH]c3c(-c4ccccc4)cc(C)cc3c2c1. The van der Waals surface area contributed by atoms with Crippen LogP contribution in [0.15, 0.2) is 84.9 Å². The number of benzene rings is 4. The van der Waals surface area contributed by atoms with Gasteiger partial charge in [-0.15, -0.1) is 0 Å². The summed E-state index contributed by atoms with van der Waals surface area (Å²) in [6.07, 6.45) is 0. The van der Waals surface area contributed by atoms with Crippen molar-refractivity contribution >= 4 is 21.8 Å². The van der Waals surface area contributed by atoms with Gasteiger partial charge in [0.1, 0.15) is 0 Å². The third-order valence-electron chi connectivity index (χ3n) is 5.28. The van der Waals surface area contributed by atoms with E-state index in [0.717, 1.165) is 0 Å². The highest BCUT2D eigenvalue weighted by Gasteiger charge is 2.14. The van der Waals surface area contributed by atoms with Gasteiger partial charge in [-0.2, -0.15) is 0 Å². The number of aromatic amines is 1. The van der Waals surface area contributed by atoms with Gasteiger partial charge < -0.3 is 4.98 Å². The van der Waals surface area contributed by atoms with Gasteiger partial charge in [0.25, 0.3) is 0 Å². The van der Waals surface area contributed by atoms with Crippen LogP contribution in [0.5, 0.6) is 0 Å². The van der Waals surface area contributed by atoms with E-state index in [1.807, 2.05) is 0 Å². The average Bonchev–Trinajstić information content (AvgIpc) is 3.06. The van der Waals surface area contributed by atoms with Crippen molar-refractivity contribution in [1.82, 2.24) is 4.98 Å². The smallest absolute Gasteiger partial charge is 0.0544 e. The Labute approximate surface area is 159 Å². The Kier molecular flexibility index (Phi) is 3.61. The van der Waals surface area contributed by atoms with Crippen LogP contribution in [0.4, 0.5) is 0 Å². The van der Waals surface area contributed by atoms with E-state index in [0.29, 0.717) is 0 Å². The molecule has 130 valence electrons. The Hall–Kier alpha value is -3.32. The van der Waals surface area contributed by atoms with Crippen molar-refractivity contribution in [3.63, 3.8) is 0 Å². The number of H-pyrrole nitrogens is 1. The van der Waals surface area contributed by atoms with E-state index in [9.17, 15) is 0 Å². The van der Waals surface area contributed by atoms with E-state index in [4.69, 9.17) is 0 Å². The second kappa shape index (κ2) is 6.14. The summed E-state index contributed by atoms with van der Waals surface area (Å²) in [5.41, 5.74) is 10.0. The van der Waals surface area contributed by atoms with Crippen molar-refractivity contribution in [3.8, 4) is 22.3 Å². The van der Waals surface area contributed by atoms with Crippen molar-refractivity contribution in [3.05, 3.63) is 96.1 Å². The number of fused-ring (bicyclic) bond motifs is 3. The van der Waals surface area contributed by atoms with Gasteiger partial charge in [-0.25, -0.2) is 0 Å². The first-order valence-electron chi connectivity index (χ1n) is 9.38. The maximum atomic E-state index is 3.77. The monoisotopic (exact) mass is 347 g/mol. The molecule has 1 aromatic heterocycles. The summed E-state index contributed by atoms with van der Waals surface area (Å²) < 4.78 is 0. The van der Waals surface area contributed by atoms with Crippen LogP contribution < -0.4 is 0 Å². The van der Waals surface area contributed by atoms with Gasteiger partial charge in [0.15, 0.2) is 0 Å². The molecule has 4 aromatic carbocycles. The molecule has 0 atom stereocenters. The Morgan fingerprint density at radius 1 is 0.519 bits per heavy atom. The van der Waals surface area contributed by atoms with E-state index in [-0.39, 0.29) is 0 Å². The number of hydrogen-bond donors (Lipinski definition) is 1. The summed E-state index contributed by atoms with van der Waals surface area (Å²) in [7, 11) is 0. The molecule has 5 aromatic rings. The molecule has 0 saturated heterocycles.